The molecule has 13 heteroatoms. The number of carbonyl (C=O) groups is 2. The number of rotatable bonds is 8. The summed E-state index contributed by atoms with van der Waals surface area (Å²) in [6.07, 6.45) is 7.96. The standard InChI is InChI=1S/C13H17F3O6S.C12H20O3/c1-3-21-10(17)12-6-4-11(20-2,5-7-12)8-9(12)22-23(18,19)13(14,15)16;1-3-15-10(13)11-4-7-12(14-2,8-5-11)9-6-11/h8H,3-7H2,1-2H3;3-9H2,1-2H3. The lowest BCUT2D eigenvalue weighted by Gasteiger charge is -2.50. The van der Waals surface area contributed by atoms with E-state index in [9.17, 15) is 31.2 Å². The minimum absolute atomic E-state index is 0.0226. The molecule has 0 aromatic rings. The monoisotopic (exact) mass is 570 g/mol. The molecule has 6 aliphatic carbocycles. The van der Waals surface area contributed by atoms with Gasteiger partial charge in [-0.05, 0) is 84.1 Å². The zero-order valence-corrected chi connectivity index (χ0v) is 23.1. The Hall–Kier alpha value is -1.86. The molecule has 6 aliphatic rings. The molecule has 38 heavy (non-hydrogen) atoms. The van der Waals surface area contributed by atoms with Gasteiger partial charge in [0.2, 0.25) is 0 Å². The summed E-state index contributed by atoms with van der Waals surface area (Å²) in [4.78, 5) is 24.2. The van der Waals surface area contributed by atoms with Crippen molar-refractivity contribution in [1.82, 2.24) is 0 Å². The molecule has 0 aliphatic heterocycles. The average molecular weight is 571 g/mol. The Balaban J connectivity index is 0.000000230. The molecule has 0 atom stereocenters. The van der Waals surface area contributed by atoms with E-state index in [-0.39, 0.29) is 36.4 Å². The smallest absolute Gasteiger partial charge is 0.466 e. The molecular formula is C25H37F3O9S. The van der Waals surface area contributed by atoms with Gasteiger partial charge in [-0.3, -0.25) is 9.59 Å². The highest BCUT2D eigenvalue weighted by atomic mass is 32.2. The van der Waals surface area contributed by atoms with Gasteiger partial charge < -0.3 is 23.1 Å². The molecule has 0 spiro atoms. The van der Waals surface area contributed by atoms with E-state index in [1.54, 1.807) is 14.0 Å². The van der Waals surface area contributed by atoms with Crippen LogP contribution in [-0.2, 0) is 42.8 Å². The predicted molar refractivity (Wildman–Crippen MR) is 128 cm³/mol. The van der Waals surface area contributed by atoms with Crippen LogP contribution in [0.1, 0.15) is 78.1 Å². The van der Waals surface area contributed by atoms with Crippen LogP contribution in [0.5, 0.6) is 0 Å². The lowest BCUT2D eigenvalue weighted by Crippen LogP contribution is -2.51. The number of ether oxygens (including phenoxy) is 4. The number of esters is 2. The lowest BCUT2D eigenvalue weighted by molar-refractivity contribution is -0.174. The Kier molecular flexibility index (Phi) is 8.85. The highest BCUT2D eigenvalue weighted by Crippen LogP contribution is 2.56. The first kappa shape index (κ1) is 30.7. The Morgan fingerprint density at radius 1 is 0.816 bits per heavy atom. The molecule has 4 fully saturated rings. The first-order valence-electron chi connectivity index (χ1n) is 12.9. The zero-order chi connectivity index (χ0) is 28.5. The predicted octanol–water partition coefficient (Wildman–Crippen LogP) is 4.55. The van der Waals surface area contributed by atoms with E-state index in [2.05, 4.69) is 4.18 Å². The average Bonchev–Trinajstić information content (AvgIpc) is 2.90. The first-order valence-corrected chi connectivity index (χ1v) is 14.3. The van der Waals surface area contributed by atoms with Crippen LogP contribution >= 0.6 is 0 Å². The maximum atomic E-state index is 12.6. The number of halogens is 3. The third-order valence-corrected chi connectivity index (χ3v) is 9.66. The van der Waals surface area contributed by atoms with Crippen molar-refractivity contribution in [3.63, 3.8) is 0 Å². The van der Waals surface area contributed by atoms with Crippen LogP contribution in [-0.4, -0.2) is 64.5 Å². The molecule has 0 aromatic carbocycles. The number of fused-ring (bicyclic) bond motifs is 5. The topological polar surface area (TPSA) is 114 Å². The third-order valence-electron chi connectivity index (χ3n) is 8.69. The second-order valence-corrected chi connectivity index (χ2v) is 12.0. The molecule has 6 rings (SSSR count). The van der Waals surface area contributed by atoms with Gasteiger partial charge in [-0.1, -0.05) is 0 Å². The molecule has 9 nitrogen and oxygen atoms in total. The summed E-state index contributed by atoms with van der Waals surface area (Å²) in [5.41, 5.74) is -8.12. The van der Waals surface area contributed by atoms with Crippen LogP contribution in [0.2, 0.25) is 0 Å². The fourth-order valence-corrected chi connectivity index (χ4v) is 6.56. The van der Waals surface area contributed by atoms with Crippen molar-refractivity contribution in [2.75, 3.05) is 27.4 Å². The molecule has 0 N–H and O–H groups in total. The Morgan fingerprint density at radius 2 is 1.32 bits per heavy atom. The van der Waals surface area contributed by atoms with Crippen LogP contribution in [0.4, 0.5) is 13.2 Å². The number of alkyl halides is 3. The summed E-state index contributed by atoms with van der Waals surface area (Å²) in [6, 6.07) is 0. The number of hydrogen-bond donors (Lipinski definition) is 0. The fourth-order valence-electron chi connectivity index (χ4n) is 6.02. The summed E-state index contributed by atoms with van der Waals surface area (Å²) < 4.78 is 85.7. The lowest BCUT2D eigenvalue weighted by atomic mass is 9.58. The largest absolute Gasteiger partial charge is 0.534 e. The number of carbonyl (C=O) groups excluding carboxylic acids is 2. The van der Waals surface area contributed by atoms with Gasteiger partial charge in [0.1, 0.15) is 11.2 Å². The SMILES string of the molecule is CCOC(=O)C12CCC(OC)(C=C1OS(=O)(=O)C(F)(F)F)CC2.CCOC(=O)C12CCC(OC)(CC1)CC2. The number of methoxy groups -OCH3 is 2. The fraction of sp³-hybridized carbons (Fsp3) is 0.840. The van der Waals surface area contributed by atoms with Crippen molar-refractivity contribution in [2.24, 2.45) is 10.8 Å². The highest BCUT2D eigenvalue weighted by Gasteiger charge is 2.59. The molecule has 0 saturated heterocycles. The maximum absolute atomic E-state index is 12.6. The van der Waals surface area contributed by atoms with Gasteiger partial charge in [0.15, 0.2) is 0 Å². The van der Waals surface area contributed by atoms with Crippen molar-refractivity contribution >= 4 is 22.1 Å². The van der Waals surface area contributed by atoms with Crippen LogP contribution in [0.15, 0.2) is 11.8 Å². The summed E-state index contributed by atoms with van der Waals surface area (Å²) in [6.45, 7) is 3.95. The minimum Gasteiger partial charge on any atom is -0.466 e. The van der Waals surface area contributed by atoms with Gasteiger partial charge in [-0.25, -0.2) is 0 Å². The van der Waals surface area contributed by atoms with Crippen molar-refractivity contribution in [1.29, 1.82) is 0 Å². The van der Waals surface area contributed by atoms with Gasteiger partial charge in [0, 0.05) is 14.2 Å². The van der Waals surface area contributed by atoms with E-state index >= 15 is 0 Å². The van der Waals surface area contributed by atoms with E-state index < -0.39 is 38.4 Å². The first-order chi connectivity index (χ1) is 17.7. The van der Waals surface area contributed by atoms with E-state index in [0.29, 0.717) is 19.4 Å². The van der Waals surface area contributed by atoms with Crippen molar-refractivity contribution in [2.45, 2.75) is 94.8 Å². The van der Waals surface area contributed by atoms with E-state index in [1.165, 1.54) is 13.2 Å². The number of hydrogen-bond acceptors (Lipinski definition) is 9. The van der Waals surface area contributed by atoms with Crippen LogP contribution in [0.3, 0.4) is 0 Å². The van der Waals surface area contributed by atoms with Gasteiger partial charge in [-0.15, -0.1) is 0 Å². The van der Waals surface area contributed by atoms with E-state index in [4.69, 9.17) is 18.9 Å². The molecule has 0 amide bonds. The van der Waals surface area contributed by atoms with E-state index in [0.717, 1.165) is 38.5 Å². The third kappa shape index (κ3) is 5.56. The van der Waals surface area contributed by atoms with E-state index in [1.807, 2.05) is 6.92 Å². The quantitative estimate of drug-likeness (QED) is 0.236. The van der Waals surface area contributed by atoms with Crippen LogP contribution in [0.25, 0.3) is 0 Å². The van der Waals surface area contributed by atoms with Gasteiger partial charge >= 0.3 is 27.6 Å². The molecule has 0 aromatic heterocycles. The van der Waals surface area contributed by atoms with Crippen molar-refractivity contribution < 1.29 is 54.3 Å². The van der Waals surface area contributed by atoms with Crippen molar-refractivity contribution in [3.05, 3.63) is 11.8 Å². The molecule has 0 heterocycles. The summed E-state index contributed by atoms with van der Waals surface area (Å²) >= 11 is 0. The molecular weight excluding hydrogens is 533 g/mol. The van der Waals surface area contributed by atoms with Gasteiger partial charge in [0.05, 0.1) is 29.8 Å². The van der Waals surface area contributed by atoms with Gasteiger partial charge in [-0.2, -0.15) is 21.6 Å². The summed E-state index contributed by atoms with van der Waals surface area (Å²) in [7, 11) is -2.71. The van der Waals surface area contributed by atoms with Gasteiger partial charge in [0.25, 0.3) is 0 Å². The zero-order valence-electron chi connectivity index (χ0n) is 22.3. The summed E-state index contributed by atoms with van der Waals surface area (Å²) in [5, 5.41) is 0. The molecule has 4 bridgehead atoms. The maximum Gasteiger partial charge on any atom is 0.534 e. The summed E-state index contributed by atoms with van der Waals surface area (Å²) in [5.74, 6) is -1.32. The van der Waals surface area contributed by atoms with Crippen LogP contribution in [0, 0.1) is 10.8 Å². The Labute approximate surface area is 221 Å². The second-order valence-electron chi connectivity index (χ2n) is 10.5. The van der Waals surface area contributed by atoms with Crippen LogP contribution < -0.4 is 0 Å². The second kappa shape index (κ2) is 11.0. The Morgan fingerprint density at radius 3 is 1.74 bits per heavy atom. The molecule has 0 radical (unpaired) electrons. The highest BCUT2D eigenvalue weighted by molar-refractivity contribution is 7.87. The Bertz CT molecular complexity index is 1000. The molecule has 4 saturated carbocycles. The molecule has 218 valence electrons. The normalized spacial score (nSPS) is 34.0. The minimum atomic E-state index is -5.87. The molecule has 0 unspecified atom stereocenters. The van der Waals surface area contributed by atoms with Crippen molar-refractivity contribution in [3.8, 4) is 0 Å².